The molecule has 1 amide bonds. The summed E-state index contributed by atoms with van der Waals surface area (Å²) < 4.78 is 0. The van der Waals surface area contributed by atoms with Crippen molar-refractivity contribution in [2.45, 2.75) is 19.4 Å². The van der Waals surface area contributed by atoms with Gasteiger partial charge in [-0.05, 0) is 18.4 Å². The Balaban J connectivity index is 2.60. The van der Waals surface area contributed by atoms with Crippen LogP contribution >= 0.6 is 22.9 Å². The number of amides is 1. The van der Waals surface area contributed by atoms with Crippen LogP contribution in [0.4, 0.5) is 0 Å². The molecule has 0 radical (unpaired) electrons. The Morgan fingerprint density at radius 2 is 2.57 bits per heavy atom. The highest BCUT2D eigenvalue weighted by Gasteiger charge is 2.13. The molecule has 1 N–H and O–H groups in total. The molecule has 0 aromatic carbocycles. The average Bonchev–Trinajstić information content (AvgIpc) is 2.51. The normalized spacial score (nSPS) is 11.8. The van der Waals surface area contributed by atoms with Gasteiger partial charge < -0.3 is 5.32 Å². The topological polar surface area (TPSA) is 29.1 Å². The predicted octanol–water partition coefficient (Wildman–Crippen LogP) is 2.54. The van der Waals surface area contributed by atoms with Crippen LogP contribution in [0.5, 0.6) is 0 Å². The second kappa shape index (κ2) is 5.04. The number of carbonyl (C=O) groups excluding carboxylic acids is 1. The molecule has 0 fully saturated rings. The van der Waals surface area contributed by atoms with E-state index in [4.69, 9.17) is 18.0 Å². The van der Waals surface area contributed by atoms with Gasteiger partial charge in [-0.2, -0.15) is 0 Å². The zero-order valence-corrected chi connectivity index (χ0v) is 9.28. The van der Waals surface area contributed by atoms with Gasteiger partial charge in [-0.1, -0.05) is 11.6 Å². The smallest absolute Gasteiger partial charge is 0.263 e. The molecule has 0 saturated carbocycles. The van der Waals surface area contributed by atoms with Crippen LogP contribution in [0.3, 0.4) is 0 Å². The van der Waals surface area contributed by atoms with E-state index in [1.165, 1.54) is 11.3 Å². The van der Waals surface area contributed by atoms with Crippen molar-refractivity contribution in [3.63, 3.8) is 0 Å². The van der Waals surface area contributed by atoms with Gasteiger partial charge in [0, 0.05) is 12.5 Å². The summed E-state index contributed by atoms with van der Waals surface area (Å²) in [5, 5.41) is 5.04. The molecule has 14 heavy (non-hydrogen) atoms. The summed E-state index contributed by atoms with van der Waals surface area (Å²) in [6.07, 6.45) is 5.65. The largest absolute Gasteiger partial charge is 0.348 e. The predicted molar refractivity (Wildman–Crippen MR) is 59.7 cm³/mol. The van der Waals surface area contributed by atoms with Gasteiger partial charge in [-0.25, -0.2) is 0 Å². The van der Waals surface area contributed by atoms with Crippen molar-refractivity contribution in [1.29, 1.82) is 0 Å². The third-order valence-corrected chi connectivity index (χ3v) is 2.97. The van der Waals surface area contributed by atoms with Crippen LogP contribution < -0.4 is 5.32 Å². The SMILES string of the molecule is C#CCC(C)NC(=O)c1sccc1Cl. The van der Waals surface area contributed by atoms with Crippen LogP contribution in [-0.2, 0) is 0 Å². The van der Waals surface area contributed by atoms with E-state index >= 15 is 0 Å². The van der Waals surface area contributed by atoms with Crippen molar-refractivity contribution in [2.24, 2.45) is 0 Å². The molecule has 0 aliphatic rings. The molecule has 1 atom stereocenters. The van der Waals surface area contributed by atoms with Gasteiger partial charge in [0.25, 0.3) is 5.91 Å². The van der Waals surface area contributed by atoms with Crippen molar-refractivity contribution in [3.8, 4) is 12.3 Å². The maximum Gasteiger partial charge on any atom is 0.263 e. The lowest BCUT2D eigenvalue weighted by molar-refractivity contribution is 0.0945. The highest BCUT2D eigenvalue weighted by atomic mass is 35.5. The molecule has 0 saturated heterocycles. The Morgan fingerprint density at radius 1 is 1.86 bits per heavy atom. The Hall–Kier alpha value is -0.980. The average molecular weight is 228 g/mol. The van der Waals surface area contributed by atoms with Gasteiger partial charge in [-0.3, -0.25) is 4.79 Å². The maximum atomic E-state index is 11.6. The molecule has 74 valence electrons. The van der Waals surface area contributed by atoms with Gasteiger partial charge >= 0.3 is 0 Å². The lowest BCUT2D eigenvalue weighted by Crippen LogP contribution is -2.31. The number of rotatable bonds is 3. The second-order valence-electron chi connectivity index (χ2n) is 2.88. The zero-order valence-electron chi connectivity index (χ0n) is 7.71. The van der Waals surface area contributed by atoms with E-state index in [2.05, 4.69) is 11.2 Å². The van der Waals surface area contributed by atoms with Crippen molar-refractivity contribution >= 4 is 28.8 Å². The van der Waals surface area contributed by atoms with Gasteiger partial charge in [0.05, 0.1) is 5.02 Å². The third-order valence-electron chi connectivity index (χ3n) is 1.62. The lowest BCUT2D eigenvalue weighted by atomic mass is 10.2. The highest BCUT2D eigenvalue weighted by Crippen LogP contribution is 2.21. The van der Waals surface area contributed by atoms with Crippen molar-refractivity contribution < 1.29 is 4.79 Å². The fourth-order valence-corrected chi connectivity index (χ4v) is 2.02. The molecule has 1 aromatic rings. The van der Waals surface area contributed by atoms with Crippen LogP contribution in [0.1, 0.15) is 23.0 Å². The minimum atomic E-state index is -0.159. The van der Waals surface area contributed by atoms with E-state index in [0.717, 1.165) is 0 Å². The third kappa shape index (κ3) is 2.76. The molecule has 1 aromatic heterocycles. The number of halogens is 1. The second-order valence-corrected chi connectivity index (χ2v) is 4.20. The molecule has 0 bridgehead atoms. The quantitative estimate of drug-likeness (QED) is 0.791. The van der Waals surface area contributed by atoms with Crippen molar-refractivity contribution in [1.82, 2.24) is 5.32 Å². The van der Waals surface area contributed by atoms with Crippen LogP contribution in [0, 0.1) is 12.3 Å². The first-order chi connectivity index (χ1) is 6.65. The van der Waals surface area contributed by atoms with E-state index in [1.807, 2.05) is 6.92 Å². The molecule has 1 heterocycles. The fourth-order valence-electron chi connectivity index (χ4n) is 0.973. The molecular weight excluding hydrogens is 218 g/mol. The molecule has 2 nitrogen and oxygen atoms in total. The van der Waals surface area contributed by atoms with E-state index in [9.17, 15) is 4.79 Å². The monoisotopic (exact) mass is 227 g/mol. The Bertz CT molecular complexity index is 366. The molecule has 4 heteroatoms. The van der Waals surface area contributed by atoms with Gasteiger partial charge in [0.15, 0.2) is 0 Å². The summed E-state index contributed by atoms with van der Waals surface area (Å²) in [5.74, 6) is 2.33. The highest BCUT2D eigenvalue weighted by molar-refractivity contribution is 7.12. The minimum absolute atomic E-state index is 0.0225. The summed E-state index contributed by atoms with van der Waals surface area (Å²) in [4.78, 5) is 12.1. The molecule has 0 aliphatic carbocycles. The summed E-state index contributed by atoms with van der Waals surface area (Å²) in [6.45, 7) is 1.86. The summed E-state index contributed by atoms with van der Waals surface area (Å²) >= 11 is 7.13. The van der Waals surface area contributed by atoms with Crippen LogP contribution in [0.2, 0.25) is 5.02 Å². The van der Waals surface area contributed by atoms with Crippen molar-refractivity contribution in [3.05, 3.63) is 21.3 Å². The molecule has 1 rings (SSSR count). The van der Waals surface area contributed by atoms with Gasteiger partial charge in [0.2, 0.25) is 0 Å². The molecule has 0 spiro atoms. The standard InChI is InChI=1S/C10H10ClNOS/c1-3-4-7(2)12-10(13)9-8(11)5-6-14-9/h1,5-7H,4H2,2H3,(H,12,13). The number of carbonyl (C=O) groups is 1. The van der Waals surface area contributed by atoms with Gasteiger partial charge in [0.1, 0.15) is 4.88 Å². The maximum absolute atomic E-state index is 11.6. The Morgan fingerprint density at radius 3 is 3.07 bits per heavy atom. The summed E-state index contributed by atoms with van der Waals surface area (Å²) in [5.41, 5.74) is 0. The number of terminal acetylenes is 1. The summed E-state index contributed by atoms with van der Waals surface area (Å²) in [7, 11) is 0. The molecular formula is C10H10ClNOS. The minimum Gasteiger partial charge on any atom is -0.348 e. The van der Waals surface area contributed by atoms with E-state index in [1.54, 1.807) is 11.4 Å². The van der Waals surface area contributed by atoms with E-state index in [0.29, 0.717) is 16.3 Å². The lowest BCUT2D eigenvalue weighted by Gasteiger charge is -2.09. The number of hydrogen-bond acceptors (Lipinski definition) is 2. The number of thiophene rings is 1. The van der Waals surface area contributed by atoms with Crippen LogP contribution in [-0.4, -0.2) is 11.9 Å². The zero-order chi connectivity index (χ0) is 10.6. The first-order valence-corrected chi connectivity index (χ1v) is 5.38. The first kappa shape index (κ1) is 11.1. The van der Waals surface area contributed by atoms with E-state index in [-0.39, 0.29) is 11.9 Å². The molecule has 1 unspecified atom stereocenters. The number of hydrogen-bond donors (Lipinski definition) is 1. The first-order valence-electron chi connectivity index (χ1n) is 4.12. The Labute approximate surface area is 92.3 Å². The van der Waals surface area contributed by atoms with Crippen LogP contribution in [0.15, 0.2) is 11.4 Å². The fraction of sp³-hybridized carbons (Fsp3) is 0.300. The number of nitrogens with one attached hydrogen (secondary N) is 1. The van der Waals surface area contributed by atoms with Crippen LogP contribution in [0.25, 0.3) is 0 Å². The van der Waals surface area contributed by atoms with E-state index < -0.39 is 0 Å². The van der Waals surface area contributed by atoms with Crippen molar-refractivity contribution in [2.75, 3.05) is 0 Å². The van der Waals surface area contributed by atoms with Gasteiger partial charge in [-0.15, -0.1) is 23.7 Å². The molecule has 0 aliphatic heterocycles. The summed E-state index contributed by atoms with van der Waals surface area (Å²) in [6, 6.07) is 1.68. The Kier molecular flexibility index (Phi) is 3.99.